The lowest BCUT2D eigenvalue weighted by atomic mass is 9.63. The van der Waals surface area contributed by atoms with Crippen molar-refractivity contribution in [2.45, 2.75) is 59.0 Å². The Morgan fingerprint density at radius 1 is 1.12 bits per heavy atom. The molecule has 0 heterocycles. The van der Waals surface area contributed by atoms with Gasteiger partial charge < -0.3 is 5.11 Å². The van der Waals surface area contributed by atoms with Gasteiger partial charge in [-0.25, -0.2) is 0 Å². The van der Waals surface area contributed by atoms with E-state index in [-0.39, 0.29) is 5.41 Å². The molecule has 0 spiro atoms. The van der Waals surface area contributed by atoms with E-state index < -0.39 is 5.60 Å². The summed E-state index contributed by atoms with van der Waals surface area (Å²) in [7, 11) is 0. The van der Waals surface area contributed by atoms with Crippen molar-refractivity contribution < 1.29 is 5.11 Å². The van der Waals surface area contributed by atoms with Crippen LogP contribution in [0.5, 0.6) is 0 Å². The van der Waals surface area contributed by atoms with Gasteiger partial charge in [-0.2, -0.15) is 0 Å². The molecule has 0 aromatic heterocycles. The van der Waals surface area contributed by atoms with Crippen LogP contribution in [0.1, 0.15) is 53.4 Å². The highest BCUT2D eigenvalue weighted by Crippen LogP contribution is 2.57. The zero-order valence-electron chi connectivity index (χ0n) is 11.0. The summed E-state index contributed by atoms with van der Waals surface area (Å²) >= 11 is 0. The molecule has 1 nitrogen and oxygen atoms in total. The fraction of sp³-hybridized carbons (Fsp3) is 0.733. The summed E-state index contributed by atoms with van der Waals surface area (Å²) in [6, 6.07) is 0. The molecule has 0 aromatic carbocycles. The van der Waals surface area contributed by atoms with Crippen LogP contribution in [0, 0.1) is 10.8 Å². The Hall–Kier alpha value is -0.560. The Labute approximate surface area is 99.3 Å². The molecule has 1 saturated carbocycles. The maximum absolute atomic E-state index is 10.1. The van der Waals surface area contributed by atoms with Gasteiger partial charge in [0.25, 0.3) is 0 Å². The Morgan fingerprint density at radius 3 is 2.31 bits per heavy atom. The van der Waals surface area contributed by atoms with E-state index in [1.807, 2.05) is 13.0 Å². The van der Waals surface area contributed by atoms with Crippen LogP contribution < -0.4 is 0 Å². The molecule has 2 unspecified atom stereocenters. The van der Waals surface area contributed by atoms with Gasteiger partial charge in [-0.3, -0.25) is 0 Å². The highest BCUT2D eigenvalue weighted by Gasteiger charge is 2.47. The highest BCUT2D eigenvalue weighted by molar-refractivity contribution is 5.31. The van der Waals surface area contributed by atoms with E-state index in [0.717, 1.165) is 6.42 Å². The number of hydrogen-bond donors (Lipinski definition) is 1. The standard InChI is InChI=1S/C15H24O/c1-13(2)8-6-10-15(13,4)12-7-5-9-14(3,16)11-12/h5,9,11,16H,6-8,10H2,1-4H3. The average Bonchev–Trinajstić information content (AvgIpc) is 2.41. The minimum atomic E-state index is -0.741. The molecule has 0 radical (unpaired) electrons. The van der Waals surface area contributed by atoms with E-state index in [2.05, 4.69) is 32.9 Å². The van der Waals surface area contributed by atoms with E-state index in [1.165, 1.54) is 24.8 Å². The first kappa shape index (κ1) is 11.9. The Kier molecular flexibility index (Phi) is 2.58. The second-order valence-electron chi connectivity index (χ2n) is 6.57. The number of aliphatic hydroxyl groups is 1. The minimum Gasteiger partial charge on any atom is -0.382 e. The van der Waals surface area contributed by atoms with Crippen molar-refractivity contribution in [3.63, 3.8) is 0 Å². The molecule has 2 aliphatic rings. The normalized spacial score (nSPS) is 42.2. The van der Waals surface area contributed by atoms with Crippen LogP contribution in [0.4, 0.5) is 0 Å². The Morgan fingerprint density at radius 2 is 1.81 bits per heavy atom. The minimum absolute atomic E-state index is 0.266. The number of allylic oxidation sites excluding steroid dienone is 2. The topological polar surface area (TPSA) is 20.2 Å². The maximum Gasteiger partial charge on any atom is 0.0983 e. The number of rotatable bonds is 1. The van der Waals surface area contributed by atoms with Crippen molar-refractivity contribution in [1.82, 2.24) is 0 Å². The van der Waals surface area contributed by atoms with Crippen molar-refractivity contribution in [2.75, 3.05) is 0 Å². The fourth-order valence-electron chi connectivity index (χ4n) is 3.36. The first-order valence-electron chi connectivity index (χ1n) is 6.39. The zero-order valence-corrected chi connectivity index (χ0v) is 11.0. The first-order chi connectivity index (χ1) is 7.27. The molecule has 0 bridgehead atoms. The SMILES string of the molecule is CC1(O)C=CCC(C2(C)CCCC2(C)C)=C1. The third-order valence-corrected chi connectivity index (χ3v) is 4.94. The summed E-state index contributed by atoms with van der Waals surface area (Å²) < 4.78 is 0. The van der Waals surface area contributed by atoms with Crippen LogP contribution in [-0.2, 0) is 0 Å². The average molecular weight is 220 g/mol. The molecule has 16 heavy (non-hydrogen) atoms. The molecule has 0 amide bonds. The van der Waals surface area contributed by atoms with Crippen molar-refractivity contribution >= 4 is 0 Å². The summed E-state index contributed by atoms with van der Waals surface area (Å²) in [4.78, 5) is 0. The third kappa shape index (κ3) is 1.75. The fourth-order valence-corrected chi connectivity index (χ4v) is 3.36. The lowest BCUT2D eigenvalue weighted by Crippen LogP contribution is -2.34. The lowest BCUT2D eigenvalue weighted by Gasteiger charge is -2.42. The van der Waals surface area contributed by atoms with Gasteiger partial charge in [0.1, 0.15) is 0 Å². The van der Waals surface area contributed by atoms with Crippen LogP contribution in [0.25, 0.3) is 0 Å². The van der Waals surface area contributed by atoms with Crippen molar-refractivity contribution in [3.8, 4) is 0 Å². The predicted molar refractivity (Wildman–Crippen MR) is 68.2 cm³/mol. The van der Waals surface area contributed by atoms with Gasteiger partial charge in [0.2, 0.25) is 0 Å². The van der Waals surface area contributed by atoms with Crippen molar-refractivity contribution in [3.05, 3.63) is 23.8 Å². The quantitative estimate of drug-likeness (QED) is 0.666. The van der Waals surface area contributed by atoms with Gasteiger partial charge in [0, 0.05) is 0 Å². The molecule has 2 atom stereocenters. The van der Waals surface area contributed by atoms with Crippen LogP contribution in [-0.4, -0.2) is 10.7 Å². The molecule has 1 N–H and O–H groups in total. The van der Waals surface area contributed by atoms with Crippen LogP contribution in [0.3, 0.4) is 0 Å². The second kappa shape index (κ2) is 3.46. The maximum atomic E-state index is 10.1. The van der Waals surface area contributed by atoms with E-state index >= 15 is 0 Å². The van der Waals surface area contributed by atoms with E-state index in [0.29, 0.717) is 5.41 Å². The van der Waals surface area contributed by atoms with Gasteiger partial charge in [0.15, 0.2) is 0 Å². The van der Waals surface area contributed by atoms with Gasteiger partial charge in [-0.1, -0.05) is 44.9 Å². The van der Waals surface area contributed by atoms with Crippen LogP contribution >= 0.6 is 0 Å². The first-order valence-corrected chi connectivity index (χ1v) is 6.39. The summed E-state index contributed by atoms with van der Waals surface area (Å²) in [5.41, 5.74) is 1.32. The molecular formula is C15H24O. The van der Waals surface area contributed by atoms with Crippen molar-refractivity contribution in [2.24, 2.45) is 10.8 Å². The molecule has 1 heteroatoms. The smallest absolute Gasteiger partial charge is 0.0983 e. The van der Waals surface area contributed by atoms with Gasteiger partial charge in [-0.15, -0.1) is 0 Å². The lowest BCUT2D eigenvalue weighted by molar-refractivity contribution is 0.141. The molecule has 0 aromatic rings. The molecule has 0 aliphatic heterocycles. The monoisotopic (exact) mass is 220 g/mol. The second-order valence-corrected chi connectivity index (χ2v) is 6.57. The summed E-state index contributed by atoms with van der Waals surface area (Å²) in [6.45, 7) is 8.98. The highest BCUT2D eigenvalue weighted by atomic mass is 16.3. The largest absolute Gasteiger partial charge is 0.382 e. The van der Waals surface area contributed by atoms with Gasteiger partial charge >= 0.3 is 0 Å². The molecule has 90 valence electrons. The van der Waals surface area contributed by atoms with E-state index in [1.54, 1.807) is 0 Å². The van der Waals surface area contributed by atoms with Gasteiger partial charge in [0.05, 0.1) is 5.60 Å². The molecule has 1 fully saturated rings. The van der Waals surface area contributed by atoms with Crippen LogP contribution in [0.2, 0.25) is 0 Å². The van der Waals surface area contributed by atoms with E-state index in [4.69, 9.17) is 0 Å². The van der Waals surface area contributed by atoms with Gasteiger partial charge in [-0.05, 0) is 43.1 Å². The summed E-state index contributed by atoms with van der Waals surface area (Å²) in [5, 5.41) is 10.1. The molecule has 0 saturated heterocycles. The van der Waals surface area contributed by atoms with Crippen molar-refractivity contribution in [1.29, 1.82) is 0 Å². The Balaban J connectivity index is 2.35. The predicted octanol–water partition coefficient (Wildman–Crippen LogP) is 3.84. The van der Waals surface area contributed by atoms with E-state index in [9.17, 15) is 5.11 Å². The third-order valence-electron chi connectivity index (χ3n) is 4.94. The Bertz CT molecular complexity index is 346. The van der Waals surface area contributed by atoms with Crippen LogP contribution in [0.15, 0.2) is 23.8 Å². The molecular weight excluding hydrogens is 196 g/mol. The zero-order chi connectivity index (χ0) is 12.0. The summed E-state index contributed by atoms with van der Waals surface area (Å²) in [6.07, 6.45) is 11.0. The molecule has 2 aliphatic carbocycles. The number of hydrogen-bond acceptors (Lipinski definition) is 1. The summed E-state index contributed by atoms with van der Waals surface area (Å²) in [5.74, 6) is 0. The molecule has 2 rings (SSSR count).